The quantitative estimate of drug-likeness (QED) is 0.645. The first-order chi connectivity index (χ1) is 5.97. The van der Waals surface area contributed by atoms with Crippen LogP contribution in [-0.2, 0) is 0 Å². The molecule has 0 aliphatic carbocycles. The Morgan fingerprint density at radius 3 is 3.08 bits per heavy atom. The molecule has 3 nitrogen and oxygen atoms in total. The van der Waals surface area contributed by atoms with Crippen molar-refractivity contribution < 1.29 is 0 Å². The molecule has 1 aliphatic rings. The average Bonchev–Trinajstić information content (AvgIpc) is 2.48. The number of anilines is 1. The SMILES string of the molecule is c1c[nH]c(N2CCCNCC2)c1. The van der Waals surface area contributed by atoms with Gasteiger partial charge in [-0.15, -0.1) is 0 Å². The third kappa shape index (κ3) is 1.61. The molecule has 1 aromatic heterocycles. The molecule has 0 unspecified atom stereocenters. The van der Waals surface area contributed by atoms with Gasteiger partial charge in [0.05, 0.1) is 0 Å². The number of aromatic amines is 1. The molecule has 1 saturated heterocycles. The summed E-state index contributed by atoms with van der Waals surface area (Å²) in [6.07, 6.45) is 3.21. The Kier molecular flexibility index (Phi) is 2.32. The van der Waals surface area contributed by atoms with E-state index in [9.17, 15) is 0 Å². The fraction of sp³-hybridized carbons (Fsp3) is 0.556. The standard InChI is InChI=1S/C9H15N3/c1-3-9(11-5-1)12-7-2-4-10-6-8-12/h1,3,5,10-11H,2,4,6-8H2. The van der Waals surface area contributed by atoms with Gasteiger partial charge in [0.1, 0.15) is 5.82 Å². The summed E-state index contributed by atoms with van der Waals surface area (Å²) in [6, 6.07) is 4.18. The Balaban J connectivity index is 2.02. The van der Waals surface area contributed by atoms with Crippen LogP contribution < -0.4 is 10.2 Å². The summed E-state index contributed by atoms with van der Waals surface area (Å²) in [5, 5.41) is 3.38. The molecule has 0 atom stereocenters. The molecule has 66 valence electrons. The molecule has 1 aliphatic heterocycles. The Bertz CT molecular complexity index is 210. The van der Waals surface area contributed by atoms with Gasteiger partial charge in [-0.2, -0.15) is 0 Å². The first-order valence-electron chi connectivity index (χ1n) is 4.56. The normalized spacial score (nSPS) is 19.2. The molecule has 12 heavy (non-hydrogen) atoms. The van der Waals surface area contributed by atoms with Gasteiger partial charge in [0, 0.05) is 25.8 Å². The highest BCUT2D eigenvalue weighted by Gasteiger charge is 2.08. The summed E-state index contributed by atoms with van der Waals surface area (Å²) in [5.41, 5.74) is 0. The lowest BCUT2D eigenvalue weighted by Gasteiger charge is -2.19. The maximum absolute atomic E-state index is 3.38. The fourth-order valence-corrected chi connectivity index (χ4v) is 1.60. The van der Waals surface area contributed by atoms with Crippen LogP contribution in [0.5, 0.6) is 0 Å². The van der Waals surface area contributed by atoms with Crippen LogP contribution in [0.2, 0.25) is 0 Å². The zero-order chi connectivity index (χ0) is 8.23. The zero-order valence-corrected chi connectivity index (χ0v) is 7.21. The van der Waals surface area contributed by atoms with Gasteiger partial charge in [-0.3, -0.25) is 0 Å². The molecule has 0 aromatic carbocycles. The third-order valence-corrected chi connectivity index (χ3v) is 2.26. The van der Waals surface area contributed by atoms with E-state index in [4.69, 9.17) is 0 Å². The highest BCUT2D eigenvalue weighted by molar-refractivity contribution is 5.38. The van der Waals surface area contributed by atoms with Gasteiger partial charge in [0.15, 0.2) is 0 Å². The summed E-state index contributed by atoms with van der Waals surface area (Å²) in [5.74, 6) is 1.25. The van der Waals surface area contributed by atoms with E-state index in [0.717, 1.165) is 26.2 Å². The highest BCUT2D eigenvalue weighted by atomic mass is 15.2. The van der Waals surface area contributed by atoms with E-state index >= 15 is 0 Å². The lowest BCUT2D eigenvalue weighted by Crippen LogP contribution is -2.27. The van der Waals surface area contributed by atoms with Crippen molar-refractivity contribution in [2.45, 2.75) is 6.42 Å². The lowest BCUT2D eigenvalue weighted by atomic mass is 10.4. The van der Waals surface area contributed by atoms with E-state index in [1.807, 2.05) is 12.3 Å². The Hall–Kier alpha value is -0.960. The van der Waals surface area contributed by atoms with Crippen molar-refractivity contribution in [1.29, 1.82) is 0 Å². The van der Waals surface area contributed by atoms with Crippen molar-refractivity contribution >= 4 is 5.82 Å². The van der Waals surface area contributed by atoms with Gasteiger partial charge in [0.2, 0.25) is 0 Å². The number of nitrogens with zero attached hydrogens (tertiary/aromatic N) is 1. The van der Waals surface area contributed by atoms with Crippen molar-refractivity contribution in [3.8, 4) is 0 Å². The summed E-state index contributed by atoms with van der Waals surface area (Å²) in [6.45, 7) is 4.52. The molecule has 2 rings (SSSR count). The van der Waals surface area contributed by atoms with Crippen LogP contribution in [0.15, 0.2) is 18.3 Å². The largest absolute Gasteiger partial charge is 0.357 e. The van der Waals surface area contributed by atoms with Gasteiger partial charge in [0.25, 0.3) is 0 Å². The first kappa shape index (κ1) is 7.68. The van der Waals surface area contributed by atoms with Crippen molar-refractivity contribution in [2.24, 2.45) is 0 Å². The van der Waals surface area contributed by atoms with E-state index in [0.29, 0.717) is 0 Å². The fourth-order valence-electron chi connectivity index (χ4n) is 1.60. The Labute approximate surface area is 72.8 Å². The minimum absolute atomic E-state index is 1.10. The highest BCUT2D eigenvalue weighted by Crippen LogP contribution is 2.10. The molecule has 0 bridgehead atoms. The number of hydrogen-bond acceptors (Lipinski definition) is 2. The molecule has 2 heterocycles. The number of H-pyrrole nitrogens is 1. The van der Waals surface area contributed by atoms with Gasteiger partial charge < -0.3 is 15.2 Å². The van der Waals surface area contributed by atoms with Crippen LogP contribution in [0.25, 0.3) is 0 Å². The molecule has 1 fully saturated rings. The van der Waals surface area contributed by atoms with Crippen molar-refractivity contribution in [2.75, 3.05) is 31.1 Å². The predicted molar refractivity (Wildman–Crippen MR) is 50.5 cm³/mol. The van der Waals surface area contributed by atoms with Crippen LogP contribution in [0, 0.1) is 0 Å². The summed E-state index contributed by atoms with van der Waals surface area (Å²) in [7, 11) is 0. The van der Waals surface area contributed by atoms with Crippen molar-refractivity contribution in [1.82, 2.24) is 10.3 Å². The monoisotopic (exact) mass is 165 g/mol. The predicted octanol–water partition coefficient (Wildman–Crippen LogP) is 0.814. The number of nitrogens with one attached hydrogen (secondary N) is 2. The summed E-state index contributed by atoms with van der Waals surface area (Å²) >= 11 is 0. The second kappa shape index (κ2) is 3.63. The molecule has 0 radical (unpaired) electrons. The summed E-state index contributed by atoms with van der Waals surface area (Å²) < 4.78 is 0. The summed E-state index contributed by atoms with van der Waals surface area (Å²) in [4.78, 5) is 5.62. The van der Waals surface area contributed by atoms with Crippen LogP contribution >= 0.6 is 0 Å². The van der Waals surface area contributed by atoms with Crippen molar-refractivity contribution in [3.05, 3.63) is 18.3 Å². The van der Waals surface area contributed by atoms with E-state index in [-0.39, 0.29) is 0 Å². The van der Waals surface area contributed by atoms with E-state index in [2.05, 4.69) is 21.3 Å². The average molecular weight is 165 g/mol. The van der Waals surface area contributed by atoms with E-state index in [1.54, 1.807) is 0 Å². The first-order valence-corrected chi connectivity index (χ1v) is 4.56. The molecule has 1 aromatic rings. The molecular formula is C9H15N3. The Morgan fingerprint density at radius 1 is 1.25 bits per heavy atom. The smallest absolute Gasteiger partial charge is 0.105 e. The maximum atomic E-state index is 3.38. The van der Waals surface area contributed by atoms with Gasteiger partial charge >= 0.3 is 0 Å². The van der Waals surface area contributed by atoms with Crippen LogP contribution in [0.4, 0.5) is 5.82 Å². The minimum atomic E-state index is 1.10. The number of hydrogen-bond donors (Lipinski definition) is 2. The van der Waals surface area contributed by atoms with Gasteiger partial charge in [-0.25, -0.2) is 0 Å². The molecule has 0 saturated carbocycles. The van der Waals surface area contributed by atoms with E-state index < -0.39 is 0 Å². The van der Waals surface area contributed by atoms with Gasteiger partial charge in [-0.05, 0) is 25.1 Å². The maximum Gasteiger partial charge on any atom is 0.105 e. The zero-order valence-electron chi connectivity index (χ0n) is 7.21. The number of rotatable bonds is 1. The lowest BCUT2D eigenvalue weighted by molar-refractivity contribution is 0.724. The molecular weight excluding hydrogens is 150 g/mol. The minimum Gasteiger partial charge on any atom is -0.357 e. The topological polar surface area (TPSA) is 31.1 Å². The Morgan fingerprint density at radius 2 is 2.25 bits per heavy atom. The molecule has 2 N–H and O–H groups in total. The molecule has 0 spiro atoms. The second-order valence-electron chi connectivity index (χ2n) is 3.15. The molecule has 3 heteroatoms. The molecule has 0 amide bonds. The van der Waals surface area contributed by atoms with Gasteiger partial charge in [-0.1, -0.05) is 0 Å². The number of aromatic nitrogens is 1. The van der Waals surface area contributed by atoms with Crippen LogP contribution in [0.3, 0.4) is 0 Å². The van der Waals surface area contributed by atoms with Crippen LogP contribution in [0.1, 0.15) is 6.42 Å². The van der Waals surface area contributed by atoms with E-state index in [1.165, 1.54) is 12.2 Å². The van der Waals surface area contributed by atoms with Crippen molar-refractivity contribution in [3.63, 3.8) is 0 Å². The second-order valence-corrected chi connectivity index (χ2v) is 3.15. The van der Waals surface area contributed by atoms with Crippen LogP contribution in [-0.4, -0.2) is 31.2 Å². The third-order valence-electron chi connectivity index (χ3n) is 2.26.